The summed E-state index contributed by atoms with van der Waals surface area (Å²) in [6.07, 6.45) is 4.98. The van der Waals surface area contributed by atoms with Gasteiger partial charge in [0.25, 0.3) is 0 Å². The molecule has 1 heterocycles. The van der Waals surface area contributed by atoms with Gasteiger partial charge < -0.3 is 10.4 Å². The smallest absolute Gasteiger partial charge is 0.0764 e. The third-order valence-corrected chi connectivity index (χ3v) is 2.60. The van der Waals surface area contributed by atoms with Crippen LogP contribution in [0.25, 0.3) is 0 Å². The van der Waals surface area contributed by atoms with Crippen molar-refractivity contribution in [1.29, 1.82) is 0 Å². The van der Waals surface area contributed by atoms with Gasteiger partial charge in [0.05, 0.1) is 6.10 Å². The first-order valence-electron chi connectivity index (χ1n) is 3.93. The Hall–Kier alpha value is -0.340. The van der Waals surface area contributed by atoms with Crippen LogP contribution in [0, 0.1) is 11.8 Å². The lowest BCUT2D eigenvalue weighted by molar-refractivity contribution is 0.129. The highest BCUT2D eigenvalue weighted by Gasteiger charge is 2.32. The molecule has 0 aromatic rings. The van der Waals surface area contributed by atoms with E-state index in [0.29, 0.717) is 11.8 Å². The third kappa shape index (κ3) is 0.879. The molecule has 2 rings (SSSR count). The van der Waals surface area contributed by atoms with Gasteiger partial charge in [0.1, 0.15) is 0 Å². The Morgan fingerprint density at radius 2 is 2.30 bits per heavy atom. The van der Waals surface area contributed by atoms with Crippen molar-refractivity contribution < 1.29 is 5.11 Å². The van der Waals surface area contributed by atoms with Crippen molar-refractivity contribution in [3.8, 4) is 0 Å². The summed E-state index contributed by atoms with van der Waals surface area (Å²) in [5, 5.41) is 12.7. The number of hydrogen-bond donors (Lipinski definition) is 2. The van der Waals surface area contributed by atoms with Crippen LogP contribution in [0.2, 0.25) is 0 Å². The fraction of sp³-hybridized carbons (Fsp3) is 0.750. The van der Waals surface area contributed by atoms with Crippen molar-refractivity contribution in [2.24, 2.45) is 11.8 Å². The molecular weight excluding hydrogens is 126 g/mol. The van der Waals surface area contributed by atoms with Gasteiger partial charge in [-0.3, -0.25) is 0 Å². The van der Waals surface area contributed by atoms with Gasteiger partial charge in [0.2, 0.25) is 0 Å². The Morgan fingerprint density at radius 3 is 3.10 bits per heavy atom. The number of allylic oxidation sites excluding steroid dienone is 1. The van der Waals surface area contributed by atoms with E-state index >= 15 is 0 Å². The maximum atomic E-state index is 9.45. The highest BCUT2D eigenvalue weighted by molar-refractivity contribution is 5.04. The van der Waals surface area contributed by atoms with E-state index in [1.54, 1.807) is 0 Å². The highest BCUT2D eigenvalue weighted by Crippen LogP contribution is 2.28. The summed E-state index contributed by atoms with van der Waals surface area (Å²) < 4.78 is 0. The molecule has 10 heavy (non-hydrogen) atoms. The van der Waals surface area contributed by atoms with Crippen LogP contribution in [0.5, 0.6) is 0 Å². The van der Waals surface area contributed by atoms with Crippen molar-refractivity contribution in [2.75, 3.05) is 13.1 Å². The van der Waals surface area contributed by atoms with Crippen LogP contribution in [0.3, 0.4) is 0 Å². The fourth-order valence-corrected chi connectivity index (χ4v) is 1.95. The molecule has 3 atom stereocenters. The molecule has 2 N–H and O–H groups in total. The Labute approximate surface area is 60.9 Å². The Kier molecular flexibility index (Phi) is 1.51. The van der Waals surface area contributed by atoms with E-state index in [2.05, 4.69) is 11.4 Å². The number of aliphatic hydroxyl groups excluding tert-OH is 1. The second-order valence-electron chi connectivity index (χ2n) is 3.24. The molecule has 1 fully saturated rings. The topological polar surface area (TPSA) is 32.3 Å². The number of aliphatic hydroxyl groups is 1. The Balaban J connectivity index is 2.13. The zero-order chi connectivity index (χ0) is 6.97. The summed E-state index contributed by atoms with van der Waals surface area (Å²) in [4.78, 5) is 0. The summed E-state index contributed by atoms with van der Waals surface area (Å²) >= 11 is 0. The highest BCUT2D eigenvalue weighted by atomic mass is 16.3. The quantitative estimate of drug-likeness (QED) is 0.468. The Bertz CT molecular complexity index is 155. The predicted octanol–water partition coefficient (Wildman–Crippen LogP) is 0.143. The fourth-order valence-electron chi connectivity index (χ4n) is 1.95. The van der Waals surface area contributed by atoms with E-state index < -0.39 is 0 Å². The minimum atomic E-state index is -0.186. The maximum absolute atomic E-state index is 9.45. The lowest BCUT2D eigenvalue weighted by Crippen LogP contribution is -2.27. The molecule has 0 spiro atoms. The van der Waals surface area contributed by atoms with Crippen molar-refractivity contribution in [3.05, 3.63) is 12.2 Å². The van der Waals surface area contributed by atoms with E-state index in [9.17, 15) is 5.11 Å². The lowest BCUT2D eigenvalue weighted by atomic mass is 9.84. The second kappa shape index (κ2) is 2.36. The van der Waals surface area contributed by atoms with E-state index in [1.807, 2.05) is 6.08 Å². The molecule has 0 aromatic carbocycles. The average molecular weight is 139 g/mol. The minimum absolute atomic E-state index is 0.186. The number of hydrogen-bond acceptors (Lipinski definition) is 2. The van der Waals surface area contributed by atoms with Crippen molar-refractivity contribution in [1.82, 2.24) is 5.32 Å². The number of fused-ring (bicyclic) bond motifs is 1. The van der Waals surface area contributed by atoms with Gasteiger partial charge in [0.15, 0.2) is 0 Å². The van der Waals surface area contributed by atoms with Crippen LogP contribution in [0.15, 0.2) is 12.2 Å². The molecule has 0 amide bonds. The van der Waals surface area contributed by atoms with Gasteiger partial charge in [-0.05, 0) is 18.9 Å². The van der Waals surface area contributed by atoms with Gasteiger partial charge in [-0.25, -0.2) is 0 Å². The molecule has 0 bridgehead atoms. The second-order valence-corrected chi connectivity index (χ2v) is 3.24. The van der Waals surface area contributed by atoms with Crippen LogP contribution < -0.4 is 5.32 Å². The van der Waals surface area contributed by atoms with E-state index in [4.69, 9.17) is 0 Å². The zero-order valence-electron chi connectivity index (χ0n) is 5.96. The summed E-state index contributed by atoms with van der Waals surface area (Å²) in [6, 6.07) is 0. The standard InChI is InChI=1S/C8H13NO/c10-8-3-1-2-6-4-9-5-7(6)8/h1,3,6-10H,2,4-5H2. The van der Waals surface area contributed by atoms with E-state index in [-0.39, 0.29) is 6.10 Å². The molecule has 1 saturated heterocycles. The molecule has 3 unspecified atom stereocenters. The van der Waals surface area contributed by atoms with Crippen LogP contribution >= 0.6 is 0 Å². The van der Waals surface area contributed by atoms with Crippen molar-refractivity contribution >= 4 is 0 Å². The van der Waals surface area contributed by atoms with Crippen LogP contribution in [0.4, 0.5) is 0 Å². The lowest BCUT2D eigenvalue weighted by Gasteiger charge is -2.24. The molecule has 1 aliphatic carbocycles. The van der Waals surface area contributed by atoms with Gasteiger partial charge in [0, 0.05) is 12.5 Å². The van der Waals surface area contributed by atoms with Crippen molar-refractivity contribution in [3.63, 3.8) is 0 Å². The van der Waals surface area contributed by atoms with Gasteiger partial charge in [-0.15, -0.1) is 0 Å². The molecule has 1 aliphatic heterocycles. The monoisotopic (exact) mass is 139 g/mol. The van der Waals surface area contributed by atoms with E-state index in [1.165, 1.54) is 0 Å². The molecule has 56 valence electrons. The largest absolute Gasteiger partial charge is 0.389 e. The van der Waals surface area contributed by atoms with Gasteiger partial charge in [-0.1, -0.05) is 12.2 Å². The van der Waals surface area contributed by atoms with Gasteiger partial charge in [-0.2, -0.15) is 0 Å². The summed E-state index contributed by atoms with van der Waals surface area (Å²) in [6.45, 7) is 2.09. The SMILES string of the molecule is OC1C=CCC2CNCC12. The van der Waals surface area contributed by atoms with E-state index in [0.717, 1.165) is 19.5 Å². The predicted molar refractivity (Wildman–Crippen MR) is 39.6 cm³/mol. The summed E-state index contributed by atoms with van der Waals surface area (Å²) in [5.41, 5.74) is 0. The molecule has 2 aliphatic rings. The molecular formula is C8H13NO. The zero-order valence-corrected chi connectivity index (χ0v) is 5.96. The molecule has 0 saturated carbocycles. The van der Waals surface area contributed by atoms with Crippen LogP contribution in [-0.4, -0.2) is 24.3 Å². The van der Waals surface area contributed by atoms with Crippen LogP contribution in [0.1, 0.15) is 6.42 Å². The summed E-state index contributed by atoms with van der Waals surface area (Å²) in [7, 11) is 0. The molecule has 0 aromatic heterocycles. The molecule has 0 radical (unpaired) electrons. The van der Waals surface area contributed by atoms with Crippen LogP contribution in [-0.2, 0) is 0 Å². The number of rotatable bonds is 0. The molecule has 2 heteroatoms. The van der Waals surface area contributed by atoms with Crippen molar-refractivity contribution in [2.45, 2.75) is 12.5 Å². The summed E-state index contributed by atoms with van der Waals surface area (Å²) in [5.74, 6) is 1.19. The molecule has 2 nitrogen and oxygen atoms in total. The minimum Gasteiger partial charge on any atom is -0.389 e. The average Bonchev–Trinajstić information content (AvgIpc) is 2.36. The number of nitrogens with one attached hydrogen (secondary N) is 1. The first-order chi connectivity index (χ1) is 4.88. The maximum Gasteiger partial charge on any atom is 0.0764 e. The normalized spacial score (nSPS) is 45.5. The first-order valence-corrected chi connectivity index (χ1v) is 3.93. The Morgan fingerprint density at radius 1 is 1.40 bits per heavy atom. The third-order valence-electron chi connectivity index (χ3n) is 2.60. The van der Waals surface area contributed by atoms with Gasteiger partial charge >= 0.3 is 0 Å². The first kappa shape index (κ1) is 6.38.